The monoisotopic (exact) mass is 506 g/mol. The normalized spacial score (nSPS) is 12.2. The first-order chi connectivity index (χ1) is 13.1. The first-order valence-corrected chi connectivity index (χ1v) is 8.72. The molecule has 1 atom stereocenters. The first-order valence-electron chi connectivity index (χ1n) is 8.72. The number of guanidine groups is 1. The molecule has 2 rings (SSSR count). The van der Waals surface area contributed by atoms with E-state index in [9.17, 15) is 13.9 Å². The maximum atomic E-state index is 12.2. The van der Waals surface area contributed by atoms with Gasteiger partial charge in [-0.3, -0.25) is 9.98 Å². The third-order valence-corrected chi connectivity index (χ3v) is 3.69. The fraction of sp³-hybridized carbons (Fsp3) is 0.368. The Morgan fingerprint density at radius 1 is 1.21 bits per heavy atom. The van der Waals surface area contributed by atoms with Crippen molar-refractivity contribution in [3.05, 3.63) is 59.9 Å². The van der Waals surface area contributed by atoms with E-state index >= 15 is 0 Å². The van der Waals surface area contributed by atoms with Crippen molar-refractivity contribution in [2.24, 2.45) is 4.99 Å². The van der Waals surface area contributed by atoms with Crippen LogP contribution in [0.15, 0.2) is 53.8 Å². The van der Waals surface area contributed by atoms with Crippen LogP contribution in [-0.2, 0) is 6.42 Å². The molecule has 0 aliphatic carbocycles. The van der Waals surface area contributed by atoms with Crippen LogP contribution in [0.25, 0.3) is 0 Å². The number of ether oxygens (including phenoxy) is 1. The number of benzene rings is 1. The van der Waals surface area contributed by atoms with Crippen LogP contribution in [0.3, 0.4) is 0 Å². The van der Waals surface area contributed by atoms with E-state index in [0.29, 0.717) is 24.6 Å². The van der Waals surface area contributed by atoms with Crippen LogP contribution in [0.4, 0.5) is 8.78 Å². The standard InChI is InChI=1S/C19H24F2N4O2.HI/c1-2-23-19(24-11-9-14-4-3-10-22-12-14)25-13-17(26)15-5-7-16(8-6-15)27-18(20)21;/h3-8,10,12,17-18,26H,2,9,11,13H2,1H3,(H2,23,24,25);1H. The van der Waals surface area contributed by atoms with Gasteiger partial charge in [-0.2, -0.15) is 8.78 Å². The van der Waals surface area contributed by atoms with Gasteiger partial charge < -0.3 is 20.5 Å². The van der Waals surface area contributed by atoms with Gasteiger partial charge in [-0.15, -0.1) is 24.0 Å². The smallest absolute Gasteiger partial charge is 0.387 e. The van der Waals surface area contributed by atoms with Crippen LogP contribution in [0.2, 0.25) is 0 Å². The number of aliphatic imine (C=N–C) groups is 1. The number of rotatable bonds is 9. The van der Waals surface area contributed by atoms with Gasteiger partial charge in [0.2, 0.25) is 0 Å². The number of aliphatic hydroxyl groups excluding tert-OH is 1. The molecule has 154 valence electrons. The van der Waals surface area contributed by atoms with Crippen molar-refractivity contribution in [3.63, 3.8) is 0 Å². The summed E-state index contributed by atoms with van der Waals surface area (Å²) in [6, 6.07) is 9.77. The number of nitrogens with zero attached hydrogens (tertiary/aromatic N) is 2. The number of aliphatic hydroxyl groups is 1. The van der Waals surface area contributed by atoms with Crippen molar-refractivity contribution >= 4 is 29.9 Å². The molecule has 0 spiro atoms. The third-order valence-electron chi connectivity index (χ3n) is 3.69. The molecule has 2 aromatic rings. The zero-order valence-electron chi connectivity index (χ0n) is 15.5. The maximum absolute atomic E-state index is 12.2. The highest BCUT2D eigenvalue weighted by Gasteiger charge is 2.09. The molecule has 0 aliphatic heterocycles. The van der Waals surface area contributed by atoms with Gasteiger partial charge >= 0.3 is 6.61 Å². The Balaban J connectivity index is 0.00000392. The molecule has 0 saturated heterocycles. The summed E-state index contributed by atoms with van der Waals surface area (Å²) in [6.07, 6.45) is 3.50. The lowest BCUT2D eigenvalue weighted by Crippen LogP contribution is -2.38. The number of pyridine rings is 1. The van der Waals surface area contributed by atoms with Gasteiger partial charge in [-0.1, -0.05) is 18.2 Å². The molecule has 1 unspecified atom stereocenters. The second-order valence-corrected chi connectivity index (χ2v) is 5.72. The molecule has 0 radical (unpaired) electrons. The van der Waals surface area contributed by atoms with Gasteiger partial charge in [0.05, 0.1) is 12.6 Å². The second-order valence-electron chi connectivity index (χ2n) is 5.72. The molecule has 0 bridgehead atoms. The van der Waals surface area contributed by atoms with Crippen molar-refractivity contribution in [2.75, 3.05) is 19.6 Å². The Bertz CT molecular complexity index is 703. The van der Waals surface area contributed by atoms with Gasteiger partial charge in [0.25, 0.3) is 0 Å². The first kappa shape index (κ1) is 24.0. The Kier molecular flexibility index (Phi) is 11.3. The van der Waals surface area contributed by atoms with Crippen LogP contribution < -0.4 is 15.4 Å². The molecular formula is C19H25F2IN4O2. The lowest BCUT2D eigenvalue weighted by molar-refractivity contribution is -0.0498. The topological polar surface area (TPSA) is 78.8 Å². The molecule has 9 heteroatoms. The van der Waals surface area contributed by atoms with E-state index in [4.69, 9.17) is 0 Å². The molecule has 0 aliphatic rings. The highest BCUT2D eigenvalue weighted by atomic mass is 127. The molecule has 0 amide bonds. The van der Waals surface area contributed by atoms with E-state index in [2.05, 4.69) is 25.3 Å². The summed E-state index contributed by atoms with van der Waals surface area (Å²) in [5, 5.41) is 16.6. The van der Waals surface area contributed by atoms with Gasteiger partial charge in [0.1, 0.15) is 5.75 Å². The number of alkyl halides is 2. The van der Waals surface area contributed by atoms with E-state index in [1.165, 1.54) is 12.1 Å². The molecule has 0 fully saturated rings. The Morgan fingerprint density at radius 2 is 1.96 bits per heavy atom. The van der Waals surface area contributed by atoms with Gasteiger partial charge in [0, 0.05) is 25.5 Å². The molecule has 1 aromatic heterocycles. The average molecular weight is 506 g/mol. The number of hydrogen-bond donors (Lipinski definition) is 3. The largest absolute Gasteiger partial charge is 0.435 e. The summed E-state index contributed by atoms with van der Waals surface area (Å²) in [5.74, 6) is 0.646. The molecule has 1 heterocycles. The van der Waals surface area contributed by atoms with Crippen LogP contribution in [0.5, 0.6) is 5.75 Å². The van der Waals surface area contributed by atoms with Gasteiger partial charge in [-0.05, 0) is 42.7 Å². The Labute approximate surface area is 180 Å². The van der Waals surface area contributed by atoms with E-state index in [1.807, 2.05) is 25.3 Å². The minimum Gasteiger partial charge on any atom is -0.435 e. The average Bonchev–Trinajstić information content (AvgIpc) is 2.67. The quantitative estimate of drug-likeness (QED) is 0.277. The maximum Gasteiger partial charge on any atom is 0.387 e. The fourth-order valence-corrected chi connectivity index (χ4v) is 2.37. The van der Waals surface area contributed by atoms with Crippen LogP contribution >= 0.6 is 24.0 Å². The van der Waals surface area contributed by atoms with Crippen LogP contribution in [0, 0.1) is 0 Å². The van der Waals surface area contributed by atoms with E-state index < -0.39 is 12.7 Å². The predicted octanol–water partition coefficient (Wildman–Crippen LogP) is 3.13. The van der Waals surface area contributed by atoms with Gasteiger partial charge in [-0.25, -0.2) is 0 Å². The van der Waals surface area contributed by atoms with Crippen molar-refractivity contribution in [1.82, 2.24) is 15.6 Å². The van der Waals surface area contributed by atoms with Crippen molar-refractivity contribution < 1.29 is 18.6 Å². The lowest BCUT2D eigenvalue weighted by atomic mass is 10.1. The molecule has 6 nitrogen and oxygen atoms in total. The Morgan fingerprint density at radius 3 is 2.57 bits per heavy atom. The van der Waals surface area contributed by atoms with Crippen molar-refractivity contribution in [2.45, 2.75) is 26.1 Å². The zero-order valence-corrected chi connectivity index (χ0v) is 17.8. The van der Waals surface area contributed by atoms with E-state index in [1.54, 1.807) is 18.3 Å². The van der Waals surface area contributed by atoms with Crippen molar-refractivity contribution in [3.8, 4) is 5.75 Å². The summed E-state index contributed by atoms with van der Waals surface area (Å²) in [6.45, 7) is 0.584. The summed E-state index contributed by atoms with van der Waals surface area (Å²) < 4.78 is 28.6. The number of nitrogens with one attached hydrogen (secondary N) is 2. The van der Waals surface area contributed by atoms with Crippen molar-refractivity contribution in [1.29, 1.82) is 0 Å². The summed E-state index contributed by atoms with van der Waals surface area (Å²) in [4.78, 5) is 8.45. The second kappa shape index (κ2) is 13.2. The number of hydrogen-bond acceptors (Lipinski definition) is 4. The van der Waals surface area contributed by atoms with E-state index in [-0.39, 0.29) is 36.3 Å². The molecule has 3 N–H and O–H groups in total. The summed E-state index contributed by atoms with van der Waals surface area (Å²) >= 11 is 0. The Hall–Kier alpha value is -2.01. The minimum absolute atomic E-state index is 0. The van der Waals surface area contributed by atoms with Crippen LogP contribution in [0.1, 0.15) is 24.2 Å². The molecule has 0 saturated carbocycles. The highest BCUT2D eigenvalue weighted by Crippen LogP contribution is 2.19. The van der Waals surface area contributed by atoms with Crippen LogP contribution in [-0.4, -0.2) is 42.3 Å². The highest BCUT2D eigenvalue weighted by molar-refractivity contribution is 14.0. The predicted molar refractivity (Wildman–Crippen MR) is 115 cm³/mol. The lowest BCUT2D eigenvalue weighted by Gasteiger charge is -2.14. The summed E-state index contributed by atoms with van der Waals surface area (Å²) in [5.41, 5.74) is 1.69. The molecular weight excluding hydrogens is 481 g/mol. The summed E-state index contributed by atoms with van der Waals surface area (Å²) in [7, 11) is 0. The fourth-order valence-electron chi connectivity index (χ4n) is 2.37. The molecule has 28 heavy (non-hydrogen) atoms. The van der Waals surface area contributed by atoms with E-state index in [0.717, 1.165) is 12.0 Å². The SMILES string of the molecule is CCNC(=NCC(O)c1ccc(OC(F)F)cc1)NCCc1cccnc1.I. The third kappa shape index (κ3) is 8.79. The number of aromatic nitrogens is 1. The molecule has 1 aromatic carbocycles. The van der Waals surface area contributed by atoms with Gasteiger partial charge in [0.15, 0.2) is 5.96 Å². The number of halogens is 3. The zero-order chi connectivity index (χ0) is 19.5. The minimum atomic E-state index is -2.87.